The van der Waals surface area contributed by atoms with Gasteiger partial charge in [-0.05, 0) is 31.6 Å². The van der Waals surface area contributed by atoms with E-state index in [9.17, 15) is 0 Å². The Balaban J connectivity index is 2.16. The lowest BCUT2D eigenvalue weighted by molar-refractivity contribution is 0.320. The number of hydrogen-bond donors (Lipinski definition) is 0. The van der Waals surface area contributed by atoms with Crippen LogP contribution >= 0.6 is 0 Å². The van der Waals surface area contributed by atoms with Gasteiger partial charge in [0, 0.05) is 0 Å². The van der Waals surface area contributed by atoms with Gasteiger partial charge in [-0.3, -0.25) is 0 Å². The highest BCUT2D eigenvalue weighted by Crippen LogP contribution is 2.37. The van der Waals surface area contributed by atoms with E-state index in [1.54, 1.807) is 5.57 Å². The Labute approximate surface area is 69.0 Å². The second kappa shape index (κ2) is 2.84. The average molecular weight is 148 g/mol. The molecule has 0 radical (unpaired) electrons. The molecule has 60 valence electrons. The topological polar surface area (TPSA) is 0 Å². The predicted octanol–water partition coefficient (Wildman–Crippen LogP) is 3.31. The van der Waals surface area contributed by atoms with Crippen LogP contribution in [0.15, 0.2) is 23.8 Å². The second-order valence-corrected chi connectivity index (χ2v) is 3.85. The Kier molecular flexibility index (Phi) is 1.85. The molecule has 1 saturated carbocycles. The van der Waals surface area contributed by atoms with Gasteiger partial charge in [0.2, 0.25) is 0 Å². The summed E-state index contributed by atoms with van der Waals surface area (Å²) in [5, 5.41) is 0. The fourth-order valence-corrected chi connectivity index (χ4v) is 2.43. The molecule has 0 aliphatic heterocycles. The predicted molar refractivity (Wildman–Crippen MR) is 48.3 cm³/mol. The first kappa shape index (κ1) is 7.15. The Hall–Kier alpha value is -0.520. The molecule has 0 nitrogen and oxygen atoms in total. The van der Waals surface area contributed by atoms with Gasteiger partial charge in [0.15, 0.2) is 0 Å². The van der Waals surface area contributed by atoms with Gasteiger partial charge in [-0.25, -0.2) is 0 Å². The number of fused-ring (bicyclic) bond motifs is 1. The second-order valence-electron chi connectivity index (χ2n) is 3.85. The largest absolute Gasteiger partial charge is 0.0808 e. The van der Waals surface area contributed by atoms with Crippen LogP contribution in [0.25, 0.3) is 0 Å². The SMILES string of the molecule is CC1=CC=CC2CCCCC12. The first-order valence-electron chi connectivity index (χ1n) is 4.73. The van der Waals surface area contributed by atoms with Crippen molar-refractivity contribution >= 4 is 0 Å². The fourth-order valence-electron chi connectivity index (χ4n) is 2.43. The molecule has 0 aromatic heterocycles. The van der Waals surface area contributed by atoms with E-state index < -0.39 is 0 Å². The zero-order valence-electron chi connectivity index (χ0n) is 7.22. The highest BCUT2D eigenvalue weighted by Gasteiger charge is 2.25. The maximum absolute atomic E-state index is 2.40. The highest BCUT2D eigenvalue weighted by molar-refractivity contribution is 5.22. The Morgan fingerprint density at radius 3 is 2.91 bits per heavy atom. The minimum Gasteiger partial charge on any atom is -0.0808 e. The van der Waals surface area contributed by atoms with Crippen LogP contribution in [0.5, 0.6) is 0 Å². The van der Waals surface area contributed by atoms with Crippen LogP contribution in [0.1, 0.15) is 32.6 Å². The lowest BCUT2D eigenvalue weighted by Crippen LogP contribution is -2.20. The Bertz CT molecular complexity index is 198. The van der Waals surface area contributed by atoms with Crippen molar-refractivity contribution in [3.05, 3.63) is 23.8 Å². The number of allylic oxidation sites excluding steroid dienone is 4. The third kappa shape index (κ3) is 1.26. The molecular formula is C11H16. The first-order valence-corrected chi connectivity index (χ1v) is 4.73. The molecule has 0 aromatic carbocycles. The molecule has 0 heterocycles. The molecule has 0 spiro atoms. The molecule has 2 rings (SSSR count). The molecule has 2 atom stereocenters. The summed E-state index contributed by atoms with van der Waals surface area (Å²) in [6.07, 6.45) is 12.7. The van der Waals surface area contributed by atoms with Gasteiger partial charge in [-0.2, -0.15) is 0 Å². The smallest absolute Gasteiger partial charge is 0.0140 e. The number of rotatable bonds is 0. The van der Waals surface area contributed by atoms with E-state index in [0.29, 0.717) is 0 Å². The summed E-state index contributed by atoms with van der Waals surface area (Å²) in [5.74, 6) is 1.78. The zero-order valence-corrected chi connectivity index (χ0v) is 7.22. The highest BCUT2D eigenvalue weighted by atomic mass is 14.3. The van der Waals surface area contributed by atoms with E-state index in [1.807, 2.05) is 0 Å². The molecule has 0 aromatic rings. The molecule has 0 N–H and O–H groups in total. The Morgan fingerprint density at radius 2 is 2.09 bits per heavy atom. The van der Waals surface area contributed by atoms with Crippen molar-refractivity contribution in [1.82, 2.24) is 0 Å². The molecule has 0 heteroatoms. The van der Waals surface area contributed by atoms with E-state index in [1.165, 1.54) is 25.7 Å². The van der Waals surface area contributed by atoms with Gasteiger partial charge < -0.3 is 0 Å². The van der Waals surface area contributed by atoms with Crippen molar-refractivity contribution < 1.29 is 0 Å². The number of hydrogen-bond acceptors (Lipinski definition) is 0. The van der Waals surface area contributed by atoms with Gasteiger partial charge in [0.1, 0.15) is 0 Å². The minimum atomic E-state index is 0.883. The lowest BCUT2D eigenvalue weighted by Gasteiger charge is -2.32. The van der Waals surface area contributed by atoms with Gasteiger partial charge >= 0.3 is 0 Å². The van der Waals surface area contributed by atoms with Crippen molar-refractivity contribution in [2.45, 2.75) is 32.6 Å². The van der Waals surface area contributed by atoms with Crippen molar-refractivity contribution in [2.24, 2.45) is 11.8 Å². The molecule has 0 amide bonds. The molecular weight excluding hydrogens is 132 g/mol. The monoisotopic (exact) mass is 148 g/mol. The van der Waals surface area contributed by atoms with Gasteiger partial charge in [-0.1, -0.05) is 36.6 Å². The molecule has 1 fully saturated rings. The standard InChI is InChI=1S/C11H16/c1-9-5-4-7-10-6-2-3-8-11(9)10/h4-5,7,10-11H,2-3,6,8H2,1H3. The summed E-state index contributed by atoms with van der Waals surface area (Å²) in [4.78, 5) is 0. The molecule has 11 heavy (non-hydrogen) atoms. The van der Waals surface area contributed by atoms with Crippen LogP contribution in [0.2, 0.25) is 0 Å². The van der Waals surface area contributed by atoms with E-state index in [2.05, 4.69) is 25.2 Å². The van der Waals surface area contributed by atoms with E-state index >= 15 is 0 Å². The van der Waals surface area contributed by atoms with Gasteiger partial charge in [-0.15, -0.1) is 0 Å². The first-order chi connectivity index (χ1) is 5.38. The molecule has 2 aliphatic carbocycles. The van der Waals surface area contributed by atoms with Crippen molar-refractivity contribution in [3.8, 4) is 0 Å². The summed E-state index contributed by atoms with van der Waals surface area (Å²) in [6, 6.07) is 0. The average Bonchev–Trinajstić information content (AvgIpc) is 2.06. The summed E-state index contributed by atoms with van der Waals surface area (Å²) in [7, 11) is 0. The van der Waals surface area contributed by atoms with Crippen LogP contribution in [0.3, 0.4) is 0 Å². The van der Waals surface area contributed by atoms with Gasteiger partial charge in [0.25, 0.3) is 0 Å². The van der Waals surface area contributed by atoms with E-state index in [-0.39, 0.29) is 0 Å². The van der Waals surface area contributed by atoms with Gasteiger partial charge in [0.05, 0.1) is 0 Å². The normalized spacial score (nSPS) is 36.3. The maximum atomic E-state index is 2.40. The Morgan fingerprint density at radius 1 is 1.27 bits per heavy atom. The maximum Gasteiger partial charge on any atom is -0.0140 e. The van der Waals surface area contributed by atoms with Crippen LogP contribution < -0.4 is 0 Å². The van der Waals surface area contributed by atoms with Crippen LogP contribution in [0.4, 0.5) is 0 Å². The van der Waals surface area contributed by atoms with E-state index in [0.717, 1.165) is 11.8 Å². The molecule has 2 aliphatic rings. The van der Waals surface area contributed by atoms with E-state index in [4.69, 9.17) is 0 Å². The minimum absolute atomic E-state index is 0.883. The fraction of sp³-hybridized carbons (Fsp3) is 0.636. The summed E-state index contributed by atoms with van der Waals surface area (Å²) >= 11 is 0. The van der Waals surface area contributed by atoms with Crippen LogP contribution in [-0.4, -0.2) is 0 Å². The lowest BCUT2D eigenvalue weighted by atomic mass is 9.73. The molecule has 2 unspecified atom stereocenters. The third-order valence-corrected chi connectivity index (χ3v) is 3.12. The van der Waals surface area contributed by atoms with Crippen molar-refractivity contribution in [3.63, 3.8) is 0 Å². The van der Waals surface area contributed by atoms with Crippen molar-refractivity contribution in [2.75, 3.05) is 0 Å². The summed E-state index contributed by atoms with van der Waals surface area (Å²) in [6.45, 7) is 2.28. The summed E-state index contributed by atoms with van der Waals surface area (Å²) in [5.41, 5.74) is 1.61. The molecule has 0 saturated heterocycles. The van der Waals surface area contributed by atoms with Crippen LogP contribution in [-0.2, 0) is 0 Å². The van der Waals surface area contributed by atoms with Crippen molar-refractivity contribution in [1.29, 1.82) is 0 Å². The third-order valence-electron chi connectivity index (χ3n) is 3.12. The van der Waals surface area contributed by atoms with Crippen LogP contribution in [0, 0.1) is 11.8 Å². The summed E-state index contributed by atoms with van der Waals surface area (Å²) < 4.78 is 0. The zero-order chi connectivity index (χ0) is 7.68. The molecule has 0 bridgehead atoms. The quantitative estimate of drug-likeness (QED) is 0.494.